The fourth-order valence-corrected chi connectivity index (χ4v) is 9.35. The number of rotatable bonds is 0. The van der Waals surface area contributed by atoms with Crippen molar-refractivity contribution in [1.29, 1.82) is 0 Å². The first-order chi connectivity index (χ1) is 44.4. The largest absolute Gasteiger partial charge is 0.413 e. The summed E-state index contributed by atoms with van der Waals surface area (Å²) in [6, 6.07) is 35.3. The van der Waals surface area contributed by atoms with E-state index in [9.17, 15) is 33.2 Å². The molecule has 12 rings (SSSR count). The molecule has 0 fully saturated rings. The topological polar surface area (TPSA) is 181 Å². The fraction of sp³-hybridized carbons (Fsp3) is 0.289. The van der Waals surface area contributed by atoms with Gasteiger partial charge in [-0.1, -0.05) is 164 Å². The fourth-order valence-electron chi connectivity index (χ4n) is 9.35. The summed E-state index contributed by atoms with van der Waals surface area (Å²) in [7, 11) is 0. The molecule has 0 amide bonds. The van der Waals surface area contributed by atoms with Crippen LogP contribution in [0, 0.1) is 76.6 Å². The van der Waals surface area contributed by atoms with Gasteiger partial charge in [-0.3, -0.25) is 29.0 Å². The number of fused-ring (bicyclic) bond motifs is 6. The molecule has 0 aromatic carbocycles. The molecule has 12 aromatic heterocycles. The molecule has 101 heavy (non-hydrogen) atoms. The number of hydrogen-bond acceptors (Lipinski definition) is 9. The Kier molecular flexibility index (Phi) is 34.2. The van der Waals surface area contributed by atoms with Gasteiger partial charge in [0.15, 0.2) is 44.7 Å². The van der Waals surface area contributed by atoms with Crippen LogP contribution in [0.15, 0.2) is 162 Å². The Hall–Kier alpha value is -7.33. The Morgan fingerprint density at radius 2 is 0.832 bits per heavy atom. The van der Waals surface area contributed by atoms with E-state index in [0.29, 0.717) is 50.5 Å². The summed E-state index contributed by atoms with van der Waals surface area (Å²) in [4.78, 5) is 94.4. The molecular weight excluding hydrogens is 2350 g/mol. The van der Waals surface area contributed by atoms with E-state index in [2.05, 4.69) is 66.7 Å². The molecule has 0 aliphatic heterocycles. The molecule has 18 nitrogen and oxygen atoms in total. The van der Waals surface area contributed by atoms with Gasteiger partial charge in [0.1, 0.15) is 5.69 Å². The van der Waals surface area contributed by atoms with Crippen molar-refractivity contribution in [2.45, 2.75) is 145 Å². The van der Waals surface area contributed by atoms with Gasteiger partial charge >= 0.3 is 0 Å². The summed E-state index contributed by atoms with van der Waals surface area (Å²) < 4.78 is 21.8. The quantitative estimate of drug-likeness (QED) is 0.133. The normalized spacial score (nSPS) is 10.8. The van der Waals surface area contributed by atoms with E-state index < -0.39 is 5.82 Å². The number of nitrogens with zero attached hydrogens (tertiary/aromatic N) is 12. The standard InChI is InChI=1S/C14H12FN2O.2C14H13N2O.2C12H13N2O.C10H9N2O.6Ir/c1-14(2,3)9-7-11-13(16-4)10(15)5-6-17(11)12(18)8-9;1-14(2,3)10-8-12-11(15-4)6-5-7-16(12)13(17)9-10;1-14(2,3)10-9-12(17)16-8-6-5-7-11(16)13(10)15-4;1-12(2,3)9-8-13-10-6-4-5-7-14(10)11(9)15;1-12(2,3)9-8-11(15)14-7-5-4-6-10(14)13-9;1-7-8(2)11-9-5-3-4-6-12(9)10(7)13;;;;;;/h5,7-8H,1-3H3;5-6,8-9H,1-3H3;5-7,9H,1-3H3;2*4-6,8H,1-3H3;3-5H,1-2H3;;;;;;/q6*-1;;;;;;. The van der Waals surface area contributed by atoms with E-state index in [4.69, 9.17) is 19.7 Å². The maximum Gasteiger partial charge on any atom is 0.177 e. The Balaban J connectivity index is 0.000000600. The van der Waals surface area contributed by atoms with Crippen LogP contribution in [0.2, 0.25) is 0 Å². The third kappa shape index (κ3) is 22.3. The molecule has 0 bridgehead atoms. The van der Waals surface area contributed by atoms with Crippen molar-refractivity contribution in [2.75, 3.05) is 0 Å². The first-order valence-electron chi connectivity index (χ1n) is 30.1. The van der Waals surface area contributed by atoms with Crippen molar-refractivity contribution < 1.29 is 125 Å². The van der Waals surface area contributed by atoms with Gasteiger partial charge in [-0.15, -0.1) is 91.0 Å². The minimum atomic E-state index is -0.657. The van der Waals surface area contributed by atoms with Crippen molar-refractivity contribution in [1.82, 2.24) is 41.4 Å². The Bertz CT molecular complexity index is 5420. The van der Waals surface area contributed by atoms with Gasteiger partial charge < -0.3 is 55.2 Å². The number of hydrogen-bond donors (Lipinski definition) is 0. The van der Waals surface area contributed by atoms with E-state index in [0.717, 1.165) is 34.1 Å². The first-order valence-corrected chi connectivity index (χ1v) is 30.1. The molecule has 25 heteroatoms. The molecule has 0 spiro atoms. The van der Waals surface area contributed by atoms with Crippen molar-refractivity contribution >= 4 is 50.6 Å². The molecule has 12 aromatic rings. The first kappa shape index (κ1) is 91.7. The van der Waals surface area contributed by atoms with E-state index in [-0.39, 0.29) is 192 Å². The van der Waals surface area contributed by atoms with Crippen molar-refractivity contribution in [3.8, 4) is 0 Å². The van der Waals surface area contributed by atoms with Gasteiger partial charge in [0.25, 0.3) is 0 Å². The summed E-state index contributed by atoms with van der Waals surface area (Å²) in [6.07, 6.45) is 18.4. The third-order valence-electron chi connectivity index (χ3n) is 14.9. The van der Waals surface area contributed by atoms with E-state index in [1.165, 1.54) is 38.5 Å². The Morgan fingerprint density at radius 1 is 0.406 bits per heavy atom. The maximum atomic E-state index is 13.5. The molecule has 0 atom stereocenters. The number of aromatic nitrogens is 9. The predicted octanol–water partition coefficient (Wildman–Crippen LogP) is 13.7. The maximum absolute atomic E-state index is 13.5. The van der Waals surface area contributed by atoms with Gasteiger partial charge in [0, 0.05) is 166 Å². The summed E-state index contributed by atoms with van der Waals surface area (Å²) in [6.45, 7) is 55.2. The number of pyridine rings is 9. The second-order valence-electron chi connectivity index (χ2n) is 27.3. The zero-order chi connectivity index (χ0) is 70.3. The second kappa shape index (κ2) is 37.7. The monoisotopic (exact) mass is 2430 g/mol. The predicted molar refractivity (Wildman–Crippen MR) is 370 cm³/mol. The van der Waals surface area contributed by atoms with Gasteiger partial charge in [-0.2, -0.15) is 0 Å². The van der Waals surface area contributed by atoms with Gasteiger partial charge in [0.2, 0.25) is 0 Å². The van der Waals surface area contributed by atoms with Crippen molar-refractivity contribution in [3.05, 3.63) is 312 Å². The SMILES string of the molecule is CC(C)(C)c1cc(=O)n2[c-]cccc2n1.CC(C)(C)c1cnc2ccc[c-]n2c1=O.Cc1nc2ccc[c-]n2c(=O)c1C.[C-]#[N+]c1c(C(C)(C)C)cc(=O)n2[c-]cccc12.[C-]#[N+]c1c(F)c[c-]n2c(=O)cc(C(C)(C)C)cc12.[C-]#[N+]c1cc[c-]n2c(=O)cc(C(C)(C)C)cc12.[Ir].[Ir].[Ir].[Ir].[Ir].[Ir]. The molecule has 12 heterocycles. The van der Waals surface area contributed by atoms with E-state index >= 15 is 0 Å². The van der Waals surface area contributed by atoms with Crippen LogP contribution in [0.3, 0.4) is 0 Å². The molecule has 0 aliphatic rings. The van der Waals surface area contributed by atoms with Crippen LogP contribution < -0.4 is 33.4 Å². The van der Waals surface area contributed by atoms with Crippen molar-refractivity contribution in [3.63, 3.8) is 0 Å². The summed E-state index contributed by atoms with van der Waals surface area (Å²) >= 11 is 0. The average Bonchev–Trinajstić information content (AvgIpc) is 0.793. The van der Waals surface area contributed by atoms with Crippen LogP contribution in [-0.4, -0.2) is 41.4 Å². The third-order valence-corrected chi connectivity index (χ3v) is 14.9. The summed E-state index contributed by atoms with van der Waals surface area (Å²) in [5.41, 5.74) is 8.21. The van der Waals surface area contributed by atoms with Gasteiger partial charge in [0.05, 0.1) is 19.7 Å². The zero-order valence-electron chi connectivity index (χ0n) is 58.4. The summed E-state index contributed by atoms with van der Waals surface area (Å²) in [5.74, 6) is -0.657. The van der Waals surface area contributed by atoms with Crippen LogP contribution in [0.5, 0.6) is 0 Å². The Morgan fingerprint density at radius 3 is 1.33 bits per heavy atom. The Labute approximate surface area is 667 Å². The molecule has 0 aliphatic carbocycles. The molecule has 540 valence electrons. The van der Waals surface area contributed by atoms with Crippen LogP contribution in [0.1, 0.15) is 143 Å². The zero-order valence-corrected chi connectivity index (χ0v) is 72.8. The second-order valence-corrected chi connectivity index (χ2v) is 27.3. The van der Waals surface area contributed by atoms with Crippen molar-refractivity contribution in [2.24, 2.45) is 0 Å². The van der Waals surface area contributed by atoms with Crippen LogP contribution in [-0.2, 0) is 148 Å². The van der Waals surface area contributed by atoms with Crippen LogP contribution in [0.4, 0.5) is 21.5 Å². The molecule has 0 saturated carbocycles. The smallest absolute Gasteiger partial charge is 0.177 e. The molecule has 0 N–H and O–H groups in total. The van der Waals surface area contributed by atoms with Gasteiger partial charge in [-0.05, 0) is 93.0 Å². The minimum absolute atomic E-state index is 0. The molecule has 0 unspecified atom stereocenters. The molecule has 6 radical (unpaired) electrons. The number of halogens is 1. The summed E-state index contributed by atoms with van der Waals surface area (Å²) in [5, 5.41) is 0. The average molecular weight is 2420 g/mol. The van der Waals surface area contributed by atoms with Crippen LogP contribution >= 0.6 is 0 Å². The van der Waals surface area contributed by atoms with Crippen LogP contribution in [0.25, 0.3) is 48.0 Å². The van der Waals surface area contributed by atoms with E-state index in [1.54, 1.807) is 92.0 Å². The van der Waals surface area contributed by atoms with Gasteiger partial charge in [-0.25, -0.2) is 4.85 Å². The molecular formula is C76H73FIr6N12O6-6. The minimum Gasteiger partial charge on any atom is -0.413 e. The van der Waals surface area contributed by atoms with E-state index in [1.807, 2.05) is 141 Å². The number of aryl methyl sites for hydroxylation is 1. The molecule has 0 saturated heterocycles.